The zero-order chi connectivity index (χ0) is 9.00. The van der Waals surface area contributed by atoms with Crippen LogP contribution in [0.25, 0.3) is 0 Å². The van der Waals surface area contributed by atoms with Gasteiger partial charge in [0.2, 0.25) is 0 Å². The molecule has 12 heavy (non-hydrogen) atoms. The molecule has 0 atom stereocenters. The molecule has 10 heteroatoms. The van der Waals surface area contributed by atoms with Crippen LogP contribution in [-0.2, 0) is 61.5 Å². The van der Waals surface area contributed by atoms with Crippen LogP contribution in [0.1, 0.15) is 0 Å². The molecule has 0 bridgehead atoms. The first-order valence-corrected chi connectivity index (χ1v) is 5.97. The van der Waals surface area contributed by atoms with E-state index >= 15 is 0 Å². The molecule has 0 fully saturated rings. The zero-order valence-corrected chi connectivity index (χ0v) is 13.0. The smallest absolute Gasteiger partial charge is 0.811 e. The van der Waals surface area contributed by atoms with Crippen molar-refractivity contribution >= 4 is 15.2 Å². The molecule has 0 saturated carbocycles. The first kappa shape index (κ1) is 23.7. The summed E-state index contributed by atoms with van der Waals surface area (Å²) >= 11 is 0. The third-order valence-corrected chi connectivity index (χ3v) is 0. The van der Waals surface area contributed by atoms with Crippen LogP contribution in [0.5, 0.6) is 0 Å². The Labute approximate surface area is 109 Å². The molecule has 0 spiro atoms. The van der Waals surface area contributed by atoms with Gasteiger partial charge in [0, 0.05) is 0 Å². The van der Waals surface area contributed by atoms with Gasteiger partial charge in [0.1, 0.15) is 0 Å². The van der Waals surface area contributed by atoms with E-state index in [4.69, 9.17) is 28.7 Å². The molecular formula is C2H6O6P2Zr2. The minimum absolute atomic E-state index is 0. The number of hydrogen-bond donors (Lipinski definition) is 0. The maximum atomic E-state index is 9.10. The molecule has 0 aromatic carbocycles. The second-order valence-electron chi connectivity index (χ2n) is 1.54. The maximum Gasteiger partial charge on any atom is 2.00 e. The van der Waals surface area contributed by atoms with Crippen LogP contribution < -0.4 is 19.6 Å². The first-order chi connectivity index (χ1) is 4.00. The predicted molar refractivity (Wildman–Crippen MR) is 27.1 cm³/mol. The average molecular weight is 370 g/mol. The van der Waals surface area contributed by atoms with E-state index in [1.165, 1.54) is 0 Å². The summed E-state index contributed by atoms with van der Waals surface area (Å²) in [6, 6.07) is 0. The van der Waals surface area contributed by atoms with Crippen molar-refractivity contribution in [3.05, 3.63) is 0 Å². The quantitative estimate of drug-likeness (QED) is 0.420. The van der Waals surface area contributed by atoms with Crippen molar-refractivity contribution in [2.45, 2.75) is 0 Å². The summed E-state index contributed by atoms with van der Waals surface area (Å²) < 4.78 is 18.2. The monoisotopic (exact) mass is 368 g/mol. The molecule has 0 saturated heterocycles. The van der Waals surface area contributed by atoms with Crippen molar-refractivity contribution in [1.29, 1.82) is 0 Å². The second kappa shape index (κ2) is 9.61. The molecule has 0 aromatic heterocycles. The van der Waals surface area contributed by atoms with E-state index in [0.29, 0.717) is 13.3 Å². The molecule has 6 nitrogen and oxygen atoms in total. The molecule has 0 aromatic rings. The van der Waals surface area contributed by atoms with Gasteiger partial charge >= 0.3 is 52.4 Å². The second-order valence-corrected chi connectivity index (χ2v) is 4.63. The van der Waals surface area contributed by atoms with E-state index < -0.39 is 15.2 Å². The topological polar surface area (TPSA) is 126 Å². The van der Waals surface area contributed by atoms with E-state index in [2.05, 4.69) is 0 Å². The maximum absolute atomic E-state index is 9.10. The Morgan fingerprint density at radius 1 is 0.750 bits per heavy atom. The van der Waals surface area contributed by atoms with Crippen LogP contribution in [0.2, 0.25) is 0 Å². The normalized spacial score (nSPS) is 9.83. The van der Waals surface area contributed by atoms with Crippen molar-refractivity contribution in [3.63, 3.8) is 0 Å². The Morgan fingerprint density at radius 2 is 0.750 bits per heavy atom. The Kier molecular flexibility index (Phi) is 19.0. The molecule has 0 rings (SSSR count). The van der Waals surface area contributed by atoms with E-state index in [0.717, 1.165) is 0 Å². The van der Waals surface area contributed by atoms with Crippen LogP contribution in [0.4, 0.5) is 0 Å². The molecule has 0 aliphatic rings. The largest absolute Gasteiger partial charge is 2.00 e. The Balaban J connectivity index is -0.0000000457. The van der Waals surface area contributed by atoms with Gasteiger partial charge in [0.05, 0.1) is 0 Å². The Hall–Kier alpha value is 2.07. The third-order valence-electron chi connectivity index (χ3n) is 0. The minimum atomic E-state index is -4.14. The van der Waals surface area contributed by atoms with Gasteiger partial charge in [0.15, 0.2) is 0 Å². The van der Waals surface area contributed by atoms with Gasteiger partial charge in [-0.05, 0) is 13.3 Å². The summed E-state index contributed by atoms with van der Waals surface area (Å²) in [6.45, 7) is 1.26. The number of hydrogen-bond acceptors (Lipinski definition) is 6. The van der Waals surface area contributed by atoms with Crippen molar-refractivity contribution in [3.8, 4) is 0 Å². The van der Waals surface area contributed by atoms with Crippen molar-refractivity contribution < 1.29 is 81.1 Å². The summed E-state index contributed by atoms with van der Waals surface area (Å²) in [5.41, 5.74) is 0. The SMILES string of the molecule is CP(=O)([O-])[O-].CP(=O)([O-])[O-].[Zr+2].[Zr+2]. The summed E-state index contributed by atoms with van der Waals surface area (Å²) in [5.74, 6) is 0. The Bertz CT molecular complexity index is 134. The summed E-state index contributed by atoms with van der Waals surface area (Å²) in [4.78, 5) is 36.4. The van der Waals surface area contributed by atoms with Gasteiger partial charge in [-0.15, -0.1) is 0 Å². The van der Waals surface area contributed by atoms with Gasteiger partial charge in [-0.2, -0.15) is 0 Å². The van der Waals surface area contributed by atoms with Crippen molar-refractivity contribution in [2.24, 2.45) is 0 Å². The molecule has 0 radical (unpaired) electrons. The van der Waals surface area contributed by atoms with Crippen LogP contribution in [0.3, 0.4) is 0 Å². The molecule has 0 aliphatic heterocycles. The van der Waals surface area contributed by atoms with Crippen molar-refractivity contribution in [2.75, 3.05) is 13.3 Å². The van der Waals surface area contributed by atoms with Crippen LogP contribution >= 0.6 is 15.2 Å². The fourth-order valence-corrected chi connectivity index (χ4v) is 0. The summed E-state index contributed by atoms with van der Waals surface area (Å²) in [5, 5.41) is 0. The molecular weight excluding hydrogens is 364 g/mol. The van der Waals surface area contributed by atoms with Gasteiger partial charge < -0.3 is 28.7 Å². The van der Waals surface area contributed by atoms with E-state index in [1.54, 1.807) is 0 Å². The molecule has 0 N–H and O–H groups in total. The van der Waals surface area contributed by atoms with Crippen LogP contribution in [-0.4, -0.2) is 13.3 Å². The molecule has 0 heterocycles. The van der Waals surface area contributed by atoms with E-state index in [-0.39, 0.29) is 52.4 Å². The molecule has 0 unspecified atom stereocenters. The van der Waals surface area contributed by atoms with E-state index in [1.807, 2.05) is 0 Å². The van der Waals surface area contributed by atoms with E-state index in [9.17, 15) is 0 Å². The Morgan fingerprint density at radius 3 is 0.750 bits per heavy atom. The third kappa shape index (κ3) is 346. The number of rotatable bonds is 0. The van der Waals surface area contributed by atoms with Gasteiger partial charge in [0.25, 0.3) is 0 Å². The molecule has 0 amide bonds. The molecule has 68 valence electrons. The summed E-state index contributed by atoms with van der Waals surface area (Å²) in [7, 11) is -8.28. The van der Waals surface area contributed by atoms with Crippen LogP contribution in [0.15, 0.2) is 0 Å². The fraction of sp³-hybridized carbons (Fsp3) is 1.00. The summed E-state index contributed by atoms with van der Waals surface area (Å²) in [6.07, 6.45) is 0. The zero-order valence-electron chi connectivity index (χ0n) is 6.34. The average Bonchev–Trinajstić information content (AvgIpc) is 1.12. The van der Waals surface area contributed by atoms with Gasteiger partial charge in [-0.25, -0.2) is 0 Å². The van der Waals surface area contributed by atoms with Crippen molar-refractivity contribution in [1.82, 2.24) is 0 Å². The fourth-order valence-electron chi connectivity index (χ4n) is 0. The standard InChI is InChI=1S/2CH5O3P.2Zr/c2*1-5(2,3)4;;/h2*1H3,(H2,2,3,4);;/q;;2*+2/p-4. The first-order valence-electron chi connectivity index (χ1n) is 1.99. The minimum Gasteiger partial charge on any atom is -0.811 e. The van der Waals surface area contributed by atoms with Gasteiger partial charge in [-0.1, -0.05) is 15.2 Å². The van der Waals surface area contributed by atoms with Crippen LogP contribution in [0, 0.1) is 0 Å². The predicted octanol–water partition coefficient (Wildman–Crippen LogP) is -2.95. The molecule has 0 aliphatic carbocycles. The van der Waals surface area contributed by atoms with Gasteiger partial charge in [-0.3, -0.25) is 0 Å².